The minimum Gasteiger partial charge on any atom is -0.444 e. The summed E-state index contributed by atoms with van der Waals surface area (Å²) in [4.78, 5) is 11.2. The first kappa shape index (κ1) is 16.8. The molecule has 1 aromatic heterocycles. The van der Waals surface area contributed by atoms with Crippen molar-refractivity contribution in [2.24, 2.45) is 5.73 Å². The van der Waals surface area contributed by atoms with E-state index in [1.165, 1.54) is 6.07 Å². The van der Waals surface area contributed by atoms with Gasteiger partial charge in [-0.05, 0) is 32.9 Å². The lowest BCUT2D eigenvalue weighted by molar-refractivity contribution is -0.134. The maximum Gasteiger partial charge on any atom is 0.425 e. The smallest absolute Gasteiger partial charge is 0.425 e. The van der Waals surface area contributed by atoms with Gasteiger partial charge in [-0.3, -0.25) is 0 Å². The van der Waals surface area contributed by atoms with Gasteiger partial charge < -0.3 is 15.8 Å². The number of alkyl halides is 3. The van der Waals surface area contributed by atoms with Crippen molar-refractivity contribution in [3.8, 4) is 0 Å². The molecule has 0 saturated heterocycles. The molecule has 3 N–H and O–H groups in total. The number of nitrogens with one attached hydrogen (secondary N) is 1. The van der Waals surface area contributed by atoms with Crippen LogP contribution in [-0.4, -0.2) is 18.2 Å². The summed E-state index contributed by atoms with van der Waals surface area (Å²) >= 11 is 0.557. The van der Waals surface area contributed by atoms with E-state index in [4.69, 9.17) is 10.5 Å². The number of carbonyl (C=O) groups excluding carboxylic acids is 1. The summed E-state index contributed by atoms with van der Waals surface area (Å²) in [7, 11) is 0. The fraction of sp³-hybridized carbons (Fsp3) is 0.583. The number of thiophene rings is 1. The van der Waals surface area contributed by atoms with E-state index < -0.39 is 28.8 Å². The maximum atomic E-state index is 12.5. The van der Waals surface area contributed by atoms with Crippen molar-refractivity contribution >= 4 is 17.4 Å². The molecule has 0 radical (unpaired) electrons. The van der Waals surface area contributed by atoms with Gasteiger partial charge in [-0.25, -0.2) is 4.79 Å². The van der Waals surface area contributed by atoms with E-state index in [0.717, 1.165) is 6.07 Å². The first-order chi connectivity index (χ1) is 9.03. The topological polar surface area (TPSA) is 64.3 Å². The zero-order valence-corrected chi connectivity index (χ0v) is 12.2. The quantitative estimate of drug-likeness (QED) is 0.900. The number of alkyl carbamates (subject to hydrolysis) is 1. The molecular formula is C12H17F3N2O2S. The maximum absolute atomic E-state index is 12.5. The van der Waals surface area contributed by atoms with Crippen molar-refractivity contribution in [1.29, 1.82) is 0 Å². The number of nitrogens with two attached hydrogens (primary N) is 1. The molecule has 1 heterocycles. The molecule has 0 spiro atoms. The van der Waals surface area contributed by atoms with Crippen LogP contribution in [0.1, 0.15) is 36.6 Å². The standard InChI is InChI=1S/C12H17F3N2O2S/c1-11(2,3)19-10(18)17-7(6-16)8-4-5-9(20-8)12(13,14)15/h4-5,7H,6,16H2,1-3H3,(H,17,18). The predicted octanol–water partition coefficient (Wildman–Crippen LogP) is 3.29. The SMILES string of the molecule is CC(C)(C)OC(=O)NC(CN)c1ccc(C(F)(F)F)s1. The van der Waals surface area contributed by atoms with Crippen LogP contribution in [0.2, 0.25) is 0 Å². The molecule has 114 valence electrons. The molecule has 0 aliphatic heterocycles. The molecule has 1 unspecified atom stereocenters. The first-order valence-corrected chi connectivity index (χ1v) is 6.71. The molecule has 0 aliphatic rings. The van der Waals surface area contributed by atoms with Crippen LogP contribution in [0.3, 0.4) is 0 Å². The van der Waals surface area contributed by atoms with Gasteiger partial charge in [-0.2, -0.15) is 13.2 Å². The average Bonchev–Trinajstić information content (AvgIpc) is 2.71. The molecule has 20 heavy (non-hydrogen) atoms. The van der Waals surface area contributed by atoms with Crippen molar-refractivity contribution in [1.82, 2.24) is 5.32 Å². The summed E-state index contributed by atoms with van der Waals surface area (Å²) in [5.74, 6) is 0. The summed E-state index contributed by atoms with van der Waals surface area (Å²) in [6, 6.07) is 1.58. The molecule has 1 rings (SSSR count). The highest BCUT2D eigenvalue weighted by Gasteiger charge is 2.33. The fourth-order valence-electron chi connectivity index (χ4n) is 1.39. The van der Waals surface area contributed by atoms with E-state index in [1.807, 2.05) is 0 Å². The largest absolute Gasteiger partial charge is 0.444 e. The van der Waals surface area contributed by atoms with E-state index in [1.54, 1.807) is 20.8 Å². The Balaban J connectivity index is 2.77. The monoisotopic (exact) mass is 310 g/mol. The average molecular weight is 310 g/mol. The minimum absolute atomic E-state index is 0.0168. The van der Waals surface area contributed by atoms with E-state index in [2.05, 4.69) is 5.32 Å². The third-order valence-corrected chi connectivity index (χ3v) is 3.42. The van der Waals surface area contributed by atoms with E-state index in [9.17, 15) is 18.0 Å². The van der Waals surface area contributed by atoms with Gasteiger partial charge in [-0.15, -0.1) is 11.3 Å². The number of carbonyl (C=O) groups is 1. The molecule has 0 fully saturated rings. The van der Waals surface area contributed by atoms with Crippen LogP contribution in [0, 0.1) is 0 Å². The van der Waals surface area contributed by atoms with E-state index in [0.29, 0.717) is 16.2 Å². The summed E-state index contributed by atoms with van der Waals surface area (Å²) in [5, 5.41) is 2.46. The van der Waals surface area contributed by atoms with Gasteiger partial charge in [-0.1, -0.05) is 0 Å². The Hall–Kier alpha value is -1.28. The van der Waals surface area contributed by atoms with Gasteiger partial charge in [0.25, 0.3) is 0 Å². The Morgan fingerprint density at radius 1 is 1.40 bits per heavy atom. The Morgan fingerprint density at radius 2 is 2.00 bits per heavy atom. The Morgan fingerprint density at radius 3 is 2.40 bits per heavy atom. The van der Waals surface area contributed by atoms with Crippen molar-refractivity contribution in [3.63, 3.8) is 0 Å². The van der Waals surface area contributed by atoms with Gasteiger partial charge in [0.15, 0.2) is 0 Å². The number of hydrogen-bond acceptors (Lipinski definition) is 4. The minimum atomic E-state index is -4.39. The van der Waals surface area contributed by atoms with Crippen LogP contribution in [0.15, 0.2) is 12.1 Å². The Bertz CT molecular complexity index is 466. The van der Waals surface area contributed by atoms with Gasteiger partial charge >= 0.3 is 12.3 Å². The van der Waals surface area contributed by atoms with Crippen LogP contribution in [0.4, 0.5) is 18.0 Å². The summed E-state index contributed by atoms with van der Waals surface area (Å²) in [6.45, 7) is 5.06. The molecule has 0 saturated carbocycles. The molecule has 0 aromatic carbocycles. The Labute approximate surface area is 119 Å². The van der Waals surface area contributed by atoms with Crippen LogP contribution in [0.25, 0.3) is 0 Å². The molecule has 1 aromatic rings. The highest BCUT2D eigenvalue weighted by atomic mass is 32.1. The van der Waals surface area contributed by atoms with E-state index in [-0.39, 0.29) is 6.54 Å². The zero-order chi connectivity index (χ0) is 15.6. The highest BCUT2D eigenvalue weighted by Crippen LogP contribution is 2.36. The lowest BCUT2D eigenvalue weighted by Gasteiger charge is -2.22. The fourth-order valence-corrected chi connectivity index (χ4v) is 2.33. The highest BCUT2D eigenvalue weighted by molar-refractivity contribution is 7.12. The normalized spacial score (nSPS) is 13.9. The molecular weight excluding hydrogens is 293 g/mol. The third-order valence-electron chi connectivity index (χ3n) is 2.18. The molecule has 1 amide bonds. The van der Waals surface area contributed by atoms with Crippen molar-refractivity contribution in [2.45, 2.75) is 38.6 Å². The zero-order valence-electron chi connectivity index (χ0n) is 11.4. The van der Waals surface area contributed by atoms with Crippen LogP contribution >= 0.6 is 11.3 Å². The lowest BCUT2D eigenvalue weighted by atomic mass is 10.2. The number of hydrogen-bond donors (Lipinski definition) is 2. The molecule has 4 nitrogen and oxygen atoms in total. The van der Waals surface area contributed by atoms with Crippen molar-refractivity contribution in [3.05, 3.63) is 21.9 Å². The van der Waals surface area contributed by atoms with Gasteiger partial charge in [0.05, 0.1) is 6.04 Å². The van der Waals surface area contributed by atoms with Crippen molar-refractivity contribution in [2.75, 3.05) is 6.54 Å². The van der Waals surface area contributed by atoms with Crippen molar-refractivity contribution < 1.29 is 22.7 Å². The first-order valence-electron chi connectivity index (χ1n) is 5.89. The summed E-state index contributed by atoms with van der Waals surface area (Å²) < 4.78 is 42.6. The van der Waals surface area contributed by atoms with E-state index >= 15 is 0 Å². The number of amides is 1. The second-order valence-electron chi connectivity index (χ2n) is 5.13. The lowest BCUT2D eigenvalue weighted by Crippen LogP contribution is -2.37. The third kappa shape index (κ3) is 5.01. The second-order valence-corrected chi connectivity index (χ2v) is 6.25. The number of ether oxygens (including phenoxy) is 1. The number of halogens is 3. The summed E-state index contributed by atoms with van der Waals surface area (Å²) in [5.41, 5.74) is 4.81. The van der Waals surface area contributed by atoms with Gasteiger partial charge in [0.1, 0.15) is 10.5 Å². The molecule has 0 bridgehead atoms. The van der Waals surface area contributed by atoms with Crippen LogP contribution < -0.4 is 11.1 Å². The van der Waals surface area contributed by atoms with Crippen LogP contribution in [0.5, 0.6) is 0 Å². The molecule has 0 aliphatic carbocycles. The molecule has 8 heteroatoms. The van der Waals surface area contributed by atoms with Crippen LogP contribution in [-0.2, 0) is 10.9 Å². The molecule has 1 atom stereocenters. The predicted molar refractivity (Wildman–Crippen MR) is 70.5 cm³/mol. The number of rotatable bonds is 3. The summed E-state index contributed by atoms with van der Waals surface area (Å²) in [6.07, 6.45) is -5.11. The second kappa shape index (κ2) is 6.01. The van der Waals surface area contributed by atoms with Gasteiger partial charge in [0, 0.05) is 11.4 Å². The Kier molecular flexibility index (Phi) is 5.04. The van der Waals surface area contributed by atoms with Gasteiger partial charge in [0.2, 0.25) is 0 Å².